The van der Waals surface area contributed by atoms with Crippen LogP contribution in [0.5, 0.6) is 0 Å². The van der Waals surface area contributed by atoms with Gasteiger partial charge in [0, 0.05) is 23.6 Å². The third-order valence-corrected chi connectivity index (χ3v) is 2.42. The Hall–Kier alpha value is -1.83. The van der Waals surface area contributed by atoms with E-state index in [1.54, 1.807) is 0 Å². The molecular weight excluding hydrogens is 184 g/mol. The molecule has 0 unspecified atom stereocenters. The van der Waals surface area contributed by atoms with Gasteiger partial charge in [0.25, 0.3) is 0 Å². The van der Waals surface area contributed by atoms with Crippen molar-refractivity contribution in [3.8, 4) is 11.1 Å². The highest BCUT2D eigenvalue weighted by Crippen LogP contribution is 2.21. The minimum atomic E-state index is 0.786. The topological polar surface area (TPSA) is 38.9 Å². The molecule has 1 aromatic carbocycles. The number of aromatic nitrogens is 1. The number of pyridine rings is 1. The second-order valence-electron chi connectivity index (χ2n) is 3.56. The predicted octanol–water partition coefficient (Wildman–Crippen LogP) is 2.89. The van der Waals surface area contributed by atoms with Crippen LogP contribution in [-0.4, -0.2) is 4.98 Å². The number of anilines is 1. The molecule has 2 N–H and O–H groups in total. The predicted molar refractivity (Wildman–Crippen MR) is 63.5 cm³/mol. The summed E-state index contributed by atoms with van der Waals surface area (Å²) in [7, 11) is 0. The maximum absolute atomic E-state index is 5.75. The monoisotopic (exact) mass is 198 g/mol. The van der Waals surface area contributed by atoms with Crippen LogP contribution >= 0.6 is 0 Å². The fourth-order valence-corrected chi connectivity index (χ4v) is 1.56. The molecule has 0 amide bonds. The summed E-state index contributed by atoms with van der Waals surface area (Å²) in [6, 6.07) is 10.0. The third-order valence-electron chi connectivity index (χ3n) is 2.42. The first-order chi connectivity index (χ1) is 7.29. The molecule has 2 nitrogen and oxygen atoms in total. The number of nitrogens with two attached hydrogens (primary N) is 1. The van der Waals surface area contributed by atoms with E-state index in [0.29, 0.717) is 0 Å². The van der Waals surface area contributed by atoms with Crippen LogP contribution < -0.4 is 5.73 Å². The summed E-state index contributed by atoms with van der Waals surface area (Å²) in [6.07, 6.45) is 4.77. The Morgan fingerprint density at radius 3 is 2.73 bits per heavy atom. The van der Waals surface area contributed by atoms with Crippen LogP contribution in [0.25, 0.3) is 11.1 Å². The lowest BCUT2D eigenvalue weighted by atomic mass is 10.0. The smallest absolute Gasteiger partial charge is 0.0346 e. The van der Waals surface area contributed by atoms with E-state index in [9.17, 15) is 0 Å². The first kappa shape index (κ1) is 9.71. The summed E-state index contributed by atoms with van der Waals surface area (Å²) in [5.41, 5.74) is 10.0. The highest BCUT2D eigenvalue weighted by Gasteiger charge is 1.99. The van der Waals surface area contributed by atoms with Crippen molar-refractivity contribution in [3.05, 3.63) is 48.3 Å². The van der Waals surface area contributed by atoms with Crippen LogP contribution in [-0.2, 0) is 6.42 Å². The van der Waals surface area contributed by atoms with E-state index in [1.807, 2.05) is 36.7 Å². The summed E-state index contributed by atoms with van der Waals surface area (Å²) in [4.78, 5) is 4.22. The zero-order chi connectivity index (χ0) is 10.7. The van der Waals surface area contributed by atoms with Gasteiger partial charge in [-0.2, -0.15) is 0 Å². The minimum Gasteiger partial charge on any atom is -0.399 e. The van der Waals surface area contributed by atoms with Crippen molar-refractivity contribution < 1.29 is 0 Å². The van der Waals surface area contributed by atoms with Gasteiger partial charge in [-0.05, 0) is 35.7 Å². The number of rotatable bonds is 2. The SMILES string of the molecule is CCc1cncc(-c2cccc(N)c2)c1. The Morgan fingerprint density at radius 1 is 1.13 bits per heavy atom. The van der Waals surface area contributed by atoms with Gasteiger partial charge in [0.2, 0.25) is 0 Å². The van der Waals surface area contributed by atoms with Crippen molar-refractivity contribution >= 4 is 5.69 Å². The normalized spacial score (nSPS) is 10.2. The van der Waals surface area contributed by atoms with Crippen molar-refractivity contribution in [2.75, 3.05) is 5.73 Å². The molecule has 0 spiro atoms. The van der Waals surface area contributed by atoms with Gasteiger partial charge in [0.15, 0.2) is 0 Å². The number of hydrogen-bond acceptors (Lipinski definition) is 2. The van der Waals surface area contributed by atoms with Crippen molar-refractivity contribution in [2.45, 2.75) is 13.3 Å². The molecule has 0 aliphatic heterocycles. The lowest BCUT2D eigenvalue weighted by Gasteiger charge is -2.04. The molecular formula is C13H14N2. The lowest BCUT2D eigenvalue weighted by Crippen LogP contribution is -1.88. The van der Waals surface area contributed by atoms with Gasteiger partial charge in [-0.25, -0.2) is 0 Å². The molecule has 1 aromatic heterocycles. The number of aryl methyl sites for hydroxylation is 1. The Balaban J connectivity index is 2.44. The highest BCUT2D eigenvalue weighted by molar-refractivity contribution is 5.66. The van der Waals surface area contributed by atoms with Crippen LogP contribution in [0, 0.1) is 0 Å². The standard InChI is InChI=1S/C13H14N2/c1-2-10-6-12(9-15-8-10)11-4-3-5-13(14)7-11/h3-9H,2,14H2,1H3. The van der Waals surface area contributed by atoms with Gasteiger partial charge in [0.05, 0.1) is 0 Å². The number of benzene rings is 1. The molecule has 0 aliphatic carbocycles. The van der Waals surface area contributed by atoms with Gasteiger partial charge in [-0.15, -0.1) is 0 Å². The Labute approximate surface area is 89.8 Å². The molecule has 0 atom stereocenters. The molecule has 0 radical (unpaired) electrons. The number of nitrogen functional groups attached to an aromatic ring is 1. The molecule has 2 heteroatoms. The molecule has 1 heterocycles. The summed E-state index contributed by atoms with van der Waals surface area (Å²) < 4.78 is 0. The average molecular weight is 198 g/mol. The van der Waals surface area contributed by atoms with Crippen molar-refractivity contribution in [3.63, 3.8) is 0 Å². The quantitative estimate of drug-likeness (QED) is 0.753. The van der Waals surface area contributed by atoms with Crippen LogP contribution in [0.15, 0.2) is 42.7 Å². The molecule has 0 fully saturated rings. The summed E-state index contributed by atoms with van der Waals surface area (Å²) >= 11 is 0. The molecule has 0 aliphatic rings. The first-order valence-corrected chi connectivity index (χ1v) is 5.09. The van der Waals surface area contributed by atoms with Gasteiger partial charge < -0.3 is 5.73 Å². The summed E-state index contributed by atoms with van der Waals surface area (Å²) in [6.45, 7) is 2.13. The van der Waals surface area contributed by atoms with E-state index in [1.165, 1.54) is 5.56 Å². The van der Waals surface area contributed by atoms with E-state index in [-0.39, 0.29) is 0 Å². The molecule has 0 bridgehead atoms. The first-order valence-electron chi connectivity index (χ1n) is 5.09. The molecule has 76 valence electrons. The average Bonchev–Trinajstić information content (AvgIpc) is 2.29. The molecule has 2 rings (SSSR count). The van der Waals surface area contributed by atoms with Gasteiger partial charge >= 0.3 is 0 Å². The third kappa shape index (κ3) is 2.15. The van der Waals surface area contributed by atoms with E-state index >= 15 is 0 Å². The Morgan fingerprint density at radius 2 is 2.00 bits per heavy atom. The van der Waals surface area contributed by atoms with E-state index in [2.05, 4.69) is 18.0 Å². The molecule has 2 aromatic rings. The Kier molecular flexibility index (Phi) is 2.68. The molecule has 0 saturated heterocycles. The minimum absolute atomic E-state index is 0.786. The summed E-state index contributed by atoms with van der Waals surface area (Å²) in [5, 5.41) is 0. The zero-order valence-corrected chi connectivity index (χ0v) is 8.77. The van der Waals surface area contributed by atoms with Gasteiger partial charge in [-0.1, -0.05) is 19.1 Å². The fourth-order valence-electron chi connectivity index (χ4n) is 1.56. The van der Waals surface area contributed by atoms with Crippen LogP contribution in [0.3, 0.4) is 0 Å². The summed E-state index contributed by atoms with van der Waals surface area (Å²) in [5.74, 6) is 0. The Bertz CT molecular complexity index is 464. The number of nitrogens with zero attached hydrogens (tertiary/aromatic N) is 1. The fraction of sp³-hybridized carbons (Fsp3) is 0.154. The lowest BCUT2D eigenvalue weighted by molar-refractivity contribution is 1.10. The zero-order valence-electron chi connectivity index (χ0n) is 8.77. The van der Waals surface area contributed by atoms with Crippen molar-refractivity contribution in [1.29, 1.82) is 0 Å². The van der Waals surface area contributed by atoms with Crippen LogP contribution in [0.4, 0.5) is 5.69 Å². The van der Waals surface area contributed by atoms with E-state index < -0.39 is 0 Å². The van der Waals surface area contributed by atoms with Crippen molar-refractivity contribution in [2.24, 2.45) is 0 Å². The largest absolute Gasteiger partial charge is 0.399 e. The second kappa shape index (κ2) is 4.13. The second-order valence-corrected chi connectivity index (χ2v) is 3.56. The van der Waals surface area contributed by atoms with E-state index in [0.717, 1.165) is 23.2 Å². The maximum atomic E-state index is 5.75. The van der Waals surface area contributed by atoms with Gasteiger partial charge in [0.1, 0.15) is 0 Å². The van der Waals surface area contributed by atoms with Gasteiger partial charge in [-0.3, -0.25) is 4.98 Å². The maximum Gasteiger partial charge on any atom is 0.0346 e. The highest BCUT2D eigenvalue weighted by atomic mass is 14.6. The van der Waals surface area contributed by atoms with E-state index in [4.69, 9.17) is 5.73 Å². The molecule has 15 heavy (non-hydrogen) atoms. The number of hydrogen-bond donors (Lipinski definition) is 1. The molecule has 0 saturated carbocycles. The van der Waals surface area contributed by atoms with Crippen molar-refractivity contribution in [1.82, 2.24) is 4.98 Å². The van der Waals surface area contributed by atoms with Crippen LogP contribution in [0.2, 0.25) is 0 Å². The van der Waals surface area contributed by atoms with Crippen LogP contribution in [0.1, 0.15) is 12.5 Å².